The molecule has 0 saturated heterocycles. The first kappa shape index (κ1) is 20.7. The van der Waals surface area contributed by atoms with Gasteiger partial charge in [-0.1, -0.05) is 24.3 Å². The highest BCUT2D eigenvalue weighted by Gasteiger charge is 2.18. The van der Waals surface area contributed by atoms with Gasteiger partial charge in [0.2, 0.25) is 0 Å². The van der Waals surface area contributed by atoms with E-state index in [0.717, 1.165) is 37.9 Å². The van der Waals surface area contributed by atoms with Gasteiger partial charge in [0.15, 0.2) is 0 Å². The third kappa shape index (κ3) is 3.71. The lowest BCUT2D eigenvalue weighted by atomic mass is 10.0. The first-order valence-electron chi connectivity index (χ1n) is 10.2. The van der Waals surface area contributed by atoms with Gasteiger partial charge < -0.3 is 21.6 Å². The van der Waals surface area contributed by atoms with E-state index in [2.05, 4.69) is 10.4 Å². The molecule has 5 aromatic rings. The lowest BCUT2D eigenvalue weighted by Crippen LogP contribution is -2.31. The summed E-state index contributed by atoms with van der Waals surface area (Å²) in [6, 6.07) is 16.4. The van der Waals surface area contributed by atoms with E-state index >= 15 is 0 Å². The maximum atomic E-state index is 12.3. The number of furan rings is 1. The number of benzene rings is 2. The van der Waals surface area contributed by atoms with Gasteiger partial charge >= 0.3 is 6.03 Å². The van der Waals surface area contributed by atoms with Gasteiger partial charge in [0.1, 0.15) is 5.82 Å². The number of urea groups is 1. The summed E-state index contributed by atoms with van der Waals surface area (Å²) in [5.74, 6) is 0.468. The normalized spacial score (nSPS) is 11.1. The van der Waals surface area contributed by atoms with Crippen LogP contribution in [0, 0.1) is 0 Å². The predicted molar refractivity (Wildman–Crippen MR) is 133 cm³/mol. The Kier molecular flexibility index (Phi) is 5.29. The van der Waals surface area contributed by atoms with Crippen molar-refractivity contribution in [2.45, 2.75) is 6.54 Å². The Balaban J connectivity index is 1.56. The SMILES string of the molecule is NCc1cccc(N(C(N)=O)c2ccc(-c3csc4c(-c5ccoc5)cnc(N)c34)cc2)c1. The fraction of sp³-hybridized carbons (Fsp3) is 0.0400. The number of anilines is 3. The summed E-state index contributed by atoms with van der Waals surface area (Å²) in [6.45, 7) is 0.376. The quantitative estimate of drug-likeness (QED) is 0.324. The Morgan fingerprint density at radius 2 is 1.85 bits per heavy atom. The van der Waals surface area contributed by atoms with Crippen LogP contribution in [0.2, 0.25) is 0 Å². The molecule has 0 aliphatic carbocycles. The number of aromatic nitrogens is 1. The third-order valence-corrected chi connectivity index (χ3v) is 6.53. The van der Waals surface area contributed by atoms with Gasteiger partial charge in [0.25, 0.3) is 0 Å². The fourth-order valence-corrected chi connectivity index (χ4v) is 5.04. The summed E-state index contributed by atoms with van der Waals surface area (Å²) in [5, 5.41) is 2.96. The zero-order valence-electron chi connectivity index (χ0n) is 17.6. The molecule has 0 bridgehead atoms. The van der Waals surface area contributed by atoms with Crippen molar-refractivity contribution in [2.24, 2.45) is 11.5 Å². The van der Waals surface area contributed by atoms with Crippen LogP contribution in [-0.2, 0) is 6.54 Å². The summed E-state index contributed by atoms with van der Waals surface area (Å²) in [4.78, 5) is 18.1. The number of rotatable bonds is 5. The van der Waals surface area contributed by atoms with Crippen LogP contribution in [0.1, 0.15) is 5.56 Å². The van der Waals surface area contributed by atoms with E-state index in [4.69, 9.17) is 21.6 Å². The van der Waals surface area contributed by atoms with Crippen molar-refractivity contribution in [2.75, 3.05) is 10.6 Å². The number of carbonyl (C=O) groups is 1. The third-order valence-electron chi connectivity index (χ3n) is 5.52. The first-order chi connectivity index (χ1) is 16.1. The molecule has 2 amide bonds. The zero-order valence-corrected chi connectivity index (χ0v) is 18.4. The van der Waals surface area contributed by atoms with Crippen molar-refractivity contribution >= 4 is 44.6 Å². The minimum absolute atomic E-state index is 0.376. The van der Waals surface area contributed by atoms with E-state index in [1.54, 1.807) is 30.1 Å². The van der Waals surface area contributed by atoms with Gasteiger partial charge in [-0.15, -0.1) is 11.3 Å². The number of nitrogens with zero attached hydrogens (tertiary/aromatic N) is 2. The van der Waals surface area contributed by atoms with Crippen LogP contribution in [0.15, 0.2) is 83.1 Å². The molecular weight excluding hydrogens is 434 g/mol. The average molecular weight is 456 g/mol. The van der Waals surface area contributed by atoms with E-state index < -0.39 is 6.03 Å². The number of primary amides is 1. The molecule has 3 aromatic heterocycles. The number of thiophene rings is 1. The molecule has 0 fully saturated rings. The van der Waals surface area contributed by atoms with Crippen LogP contribution >= 0.6 is 11.3 Å². The Morgan fingerprint density at radius 1 is 1.03 bits per heavy atom. The zero-order chi connectivity index (χ0) is 22.9. The predicted octanol–water partition coefficient (Wildman–Crippen LogP) is 5.48. The molecule has 2 aromatic carbocycles. The molecule has 8 heteroatoms. The van der Waals surface area contributed by atoms with Gasteiger partial charge in [-0.05, 0) is 46.8 Å². The lowest BCUT2D eigenvalue weighted by molar-refractivity contribution is 0.256. The van der Waals surface area contributed by atoms with E-state index in [-0.39, 0.29) is 0 Å². The van der Waals surface area contributed by atoms with Crippen LogP contribution in [0.4, 0.5) is 22.0 Å². The van der Waals surface area contributed by atoms with Crippen molar-refractivity contribution in [1.82, 2.24) is 4.98 Å². The standard InChI is InChI=1S/C25H21N5O2S/c26-11-15-2-1-3-19(10-15)30(25(28)31)18-6-4-16(5-7-18)21-14-33-23-20(17-8-9-32-13-17)12-29-24(27)22(21)23/h1-10,12-14H,11,26H2,(H2,27,29)(H2,28,31). The van der Waals surface area contributed by atoms with E-state index in [1.807, 2.05) is 54.6 Å². The number of carbonyl (C=O) groups excluding carboxylic acids is 1. The van der Waals surface area contributed by atoms with Crippen LogP contribution in [-0.4, -0.2) is 11.0 Å². The minimum atomic E-state index is -0.573. The molecule has 0 aliphatic rings. The fourth-order valence-electron chi connectivity index (χ4n) is 3.92. The second-order valence-electron chi connectivity index (χ2n) is 7.52. The molecule has 5 rings (SSSR count). The van der Waals surface area contributed by atoms with Gasteiger partial charge in [0.05, 0.1) is 23.9 Å². The second kappa shape index (κ2) is 8.42. The molecule has 0 atom stereocenters. The molecule has 0 aliphatic heterocycles. The van der Waals surface area contributed by atoms with E-state index in [1.165, 1.54) is 4.90 Å². The molecule has 0 radical (unpaired) electrons. The van der Waals surface area contributed by atoms with Crippen LogP contribution in [0.5, 0.6) is 0 Å². The van der Waals surface area contributed by atoms with Crippen molar-refractivity contribution in [3.05, 3.63) is 84.3 Å². The maximum absolute atomic E-state index is 12.3. The summed E-state index contributed by atoms with van der Waals surface area (Å²) in [7, 11) is 0. The summed E-state index contributed by atoms with van der Waals surface area (Å²) in [6.07, 6.45) is 5.10. The highest BCUT2D eigenvalue weighted by atomic mass is 32.1. The topological polar surface area (TPSA) is 124 Å². The maximum Gasteiger partial charge on any atom is 0.323 e. The number of hydrogen-bond donors (Lipinski definition) is 3. The Hall–Kier alpha value is -4.14. The molecule has 7 nitrogen and oxygen atoms in total. The molecule has 0 unspecified atom stereocenters. The van der Waals surface area contributed by atoms with Crippen LogP contribution in [0.3, 0.4) is 0 Å². The highest BCUT2D eigenvalue weighted by Crippen LogP contribution is 2.42. The molecule has 0 spiro atoms. The number of pyridine rings is 1. The van der Waals surface area contributed by atoms with Crippen LogP contribution in [0.25, 0.3) is 32.3 Å². The number of fused-ring (bicyclic) bond motifs is 1. The second-order valence-corrected chi connectivity index (χ2v) is 8.40. The summed E-state index contributed by atoms with van der Waals surface area (Å²) in [5.41, 5.74) is 23.8. The molecule has 6 N–H and O–H groups in total. The van der Waals surface area contributed by atoms with Crippen molar-refractivity contribution < 1.29 is 9.21 Å². The summed E-state index contributed by atoms with van der Waals surface area (Å²) < 4.78 is 6.28. The monoisotopic (exact) mass is 455 g/mol. The number of amides is 2. The van der Waals surface area contributed by atoms with Gasteiger partial charge in [-0.25, -0.2) is 9.78 Å². The van der Waals surface area contributed by atoms with E-state index in [0.29, 0.717) is 23.7 Å². The van der Waals surface area contributed by atoms with Gasteiger partial charge in [0, 0.05) is 39.5 Å². The van der Waals surface area contributed by atoms with Crippen molar-refractivity contribution in [3.8, 4) is 22.3 Å². The minimum Gasteiger partial charge on any atom is -0.472 e. The Bertz CT molecular complexity index is 1440. The molecule has 3 heterocycles. The lowest BCUT2D eigenvalue weighted by Gasteiger charge is -2.21. The largest absolute Gasteiger partial charge is 0.472 e. The molecular formula is C25H21N5O2S. The van der Waals surface area contributed by atoms with E-state index in [9.17, 15) is 4.79 Å². The number of hydrogen-bond acceptors (Lipinski definition) is 6. The van der Waals surface area contributed by atoms with Gasteiger partial charge in [-0.3, -0.25) is 4.90 Å². The van der Waals surface area contributed by atoms with Crippen molar-refractivity contribution in [1.29, 1.82) is 0 Å². The summed E-state index contributed by atoms with van der Waals surface area (Å²) >= 11 is 1.61. The molecule has 0 saturated carbocycles. The first-order valence-corrected chi connectivity index (χ1v) is 11.1. The smallest absolute Gasteiger partial charge is 0.323 e. The van der Waals surface area contributed by atoms with Crippen LogP contribution < -0.4 is 22.1 Å². The molecule has 164 valence electrons. The Labute approximate surface area is 194 Å². The van der Waals surface area contributed by atoms with Gasteiger partial charge in [-0.2, -0.15) is 0 Å². The number of nitrogen functional groups attached to an aromatic ring is 1. The number of nitrogens with two attached hydrogens (primary N) is 3. The molecule has 33 heavy (non-hydrogen) atoms. The van der Waals surface area contributed by atoms with Crippen molar-refractivity contribution in [3.63, 3.8) is 0 Å². The highest BCUT2D eigenvalue weighted by molar-refractivity contribution is 7.18. The Morgan fingerprint density at radius 3 is 2.55 bits per heavy atom. The average Bonchev–Trinajstić information content (AvgIpc) is 3.51.